The SMILES string of the molecule is CCOc1oc(C)nc1C(=O)O. The van der Waals surface area contributed by atoms with Gasteiger partial charge in [0.15, 0.2) is 5.89 Å². The summed E-state index contributed by atoms with van der Waals surface area (Å²) >= 11 is 0. The van der Waals surface area contributed by atoms with Gasteiger partial charge < -0.3 is 14.3 Å². The molecule has 0 aliphatic rings. The Bertz CT molecular complexity index is 292. The number of carbonyl (C=O) groups is 1. The van der Waals surface area contributed by atoms with Crippen molar-refractivity contribution < 1.29 is 19.1 Å². The zero-order valence-electron chi connectivity index (χ0n) is 6.83. The van der Waals surface area contributed by atoms with Crippen LogP contribution in [0, 0.1) is 6.92 Å². The molecule has 5 heteroatoms. The quantitative estimate of drug-likeness (QED) is 0.736. The molecule has 12 heavy (non-hydrogen) atoms. The second kappa shape index (κ2) is 3.25. The van der Waals surface area contributed by atoms with Gasteiger partial charge in [-0.1, -0.05) is 0 Å². The molecule has 0 aliphatic carbocycles. The van der Waals surface area contributed by atoms with Gasteiger partial charge in [-0.15, -0.1) is 0 Å². The van der Waals surface area contributed by atoms with Gasteiger partial charge in [0.2, 0.25) is 5.69 Å². The predicted molar refractivity (Wildman–Crippen MR) is 39.4 cm³/mol. The highest BCUT2D eigenvalue weighted by Crippen LogP contribution is 2.19. The second-order valence-electron chi connectivity index (χ2n) is 2.11. The molecule has 0 amide bonds. The Morgan fingerprint density at radius 1 is 1.75 bits per heavy atom. The molecular weight excluding hydrogens is 162 g/mol. The van der Waals surface area contributed by atoms with Crippen molar-refractivity contribution in [1.29, 1.82) is 0 Å². The Hall–Kier alpha value is -1.52. The third-order valence-corrected chi connectivity index (χ3v) is 1.18. The van der Waals surface area contributed by atoms with E-state index in [1.807, 2.05) is 0 Å². The number of aromatic carboxylic acids is 1. The Labute approximate surface area is 69.0 Å². The average molecular weight is 171 g/mol. The van der Waals surface area contributed by atoms with E-state index in [1.165, 1.54) is 0 Å². The van der Waals surface area contributed by atoms with E-state index in [1.54, 1.807) is 13.8 Å². The molecule has 1 aromatic heterocycles. The molecule has 0 fully saturated rings. The lowest BCUT2D eigenvalue weighted by Gasteiger charge is -1.96. The molecule has 0 saturated carbocycles. The first-order valence-electron chi connectivity index (χ1n) is 3.48. The minimum atomic E-state index is -1.14. The molecule has 0 atom stereocenters. The molecule has 1 aromatic rings. The Morgan fingerprint density at radius 3 is 2.92 bits per heavy atom. The van der Waals surface area contributed by atoms with Gasteiger partial charge in [-0.05, 0) is 6.92 Å². The maximum atomic E-state index is 10.5. The predicted octanol–water partition coefficient (Wildman–Crippen LogP) is 1.08. The number of hydrogen-bond acceptors (Lipinski definition) is 4. The first-order valence-corrected chi connectivity index (χ1v) is 3.48. The lowest BCUT2D eigenvalue weighted by Crippen LogP contribution is -2.01. The zero-order chi connectivity index (χ0) is 9.14. The summed E-state index contributed by atoms with van der Waals surface area (Å²) in [5.74, 6) is -0.881. The average Bonchev–Trinajstić information content (AvgIpc) is 2.32. The number of ether oxygens (including phenoxy) is 1. The number of rotatable bonds is 3. The summed E-state index contributed by atoms with van der Waals surface area (Å²) in [6.45, 7) is 3.66. The normalized spacial score (nSPS) is 9.83. The summed E-state index contributed by atoms with van der Waals surface area (Å²) in [7, 11) is 0. The van der Waals surface area contributed by atoms with E-state index >= 15 is 0 Å². The molecule has 0 spiro atoms. The van der Waals surface area contributed by atoms with Crippen molar-refractivity contribution in [2.75, 3.05) is 6.61 Å². The topological polar surface area (TPSA) is 72.6 Å². The van der Waals surface area contributed by atoms with Crippen LogP contribution in [0.5, 0.6) is 5.95 Å². The van der Waals surface area contributed by atoms with Crippen LogP contribution in [0.3, 0.4) is 0 Å². The number of aromatic nitrogens is 1. The number of hydrogen-bond donors (Lipinski definition) is 1. The molecular formula is C7H9NO4. The number of carboxylic acids is 1. The van der Waals surface area contributed by atoms with E-state index in [9.17, 15) is 4.79 Å². The summed E-state index contributed by atoms with van der Waals surface area (Å²) < 4.78 is 9.81. The van der Waals surface area contributed by atoms with Gasteiger partial charge in [-0.25, -0.2) is 9.78 Å². The van der Waals surface area contributed by atoms with Crippen molar-refractivity contribution in [3.8, 4) is 5.95 Å². The van der Waals surface area contributed by atoms with E-state index in [2.05, 4.69) is 4.98 Å². The molecule has 1 rings (SSSR count). The second-order valence-corrected chi connectivity index (χ2v) is 2.11. The monoisotopic (exact) mass is 171 g/mol. The van der Waals surface area contributed by atoms with Crippen LogP contribution in [-0.4, -0.2) is 22.7 Å². The third-order valence-electron chi connectivity index (χ3n) is 1.18. The molecule has 1 heterocycles. The van der Waals surface area contributed by atoms with Crippen molar-refractivity contribution >= 4 is 5.97 Å². The molecule has 0 aliphatic heterocycles. The molecule has 66 valence electrons. The summed E-state index contributed by atoms with van der Waals surface area (Å²) in [4.78, 5) is 14.1. The van der Waals surface area contributed by atoms with Crippen LogP contribution in [0.15, 0.2) is 4.42 Å². The van der Waals surface area contributed by atoms with Crippen molar-refractivity contribution in [2.45, 2.75) is 13.8 Å². The van der Waals surface area contributed by atoms with Crippen LogP contribution < -0.4 is 4.74 Å². The van der Waals surface area contributed by atoms with Crippen LogP contribution in [0.4, 0.5) is 0 Å². The number of aryl methyl sites for hydroxylation is 1. The Morgan fingerprint density at radius 2 is 2.42 bits per heavy atom. The molecule has 0 aromatic carbocycles. The van der Waals surface area contributed by atoms with Crippen molar-refractivity contribution in [3.63, 3.8) is 0 Å². The molecule has 5 nitrogen and oxygen atoms in total. The first-order chi connectivity index (χ1) is 5.65. The minimum absolute atomic E-state index is 0.0255. The van der Waals surface area contributed by atoms with Gasteiger partial charge in [0.25, 0.3) is 0 Å². The van der Waals surface area contributed by atoms with Crippen molar-refractivity contribution in [2.24, 2.45) is 0 Å². The van der Waals surface area contributed by atoms with E-state index < -0.39 is 5.97 Å². The minimum Gasteiger partial charge on any atom is -0.476 e. The highest BCUT2D eigenvalue weighted by molar-refractivity contribution is 5.87. The van der Waals surface area contributed by atoms with E-state index in [0.29, 0.717) is 6.61 Å². The van der Waals surface area contributed by atoms with Gasteiger partial charge in [-0.3, -0.25) is 0 Å². The fourth-order valence-electron chi connectivity index (χ4n) is 0.772. The third kappa shape index (κ3) is 1.55. The first kappa shape index (κ1) is 8.58. The smallest absolute Gasteiger partial charge is 0.362 e. The van der Waals surface area contributed by atoms with Crippen LogP contribution in [0.1, 0.15) is 23.3 Å². The van der Waals surface area contributed by atoms with Crippen LogP contribution in [0.25, 0.3) is 0 Å². The largest absolute Gasteiger partial charge is 0.476 e. The van der Waals surface area contributed by atoms with Crippen molar-refractivity contribution in [1.82, 2.24) is 4.98 Å². The van der Waals surface area contributed by atoms with Crippen LogP contribution in [-0.2, 0) is 0 Å². The van der Waals surface area contributed by atoms with Crippen LogP contribution >= 0.6 is 0 Å². The molecule has 0 bridgehead atoms. The van der Waals surface area contributed by atoms with Gasteiger partial charge in [-0.2, -0.15) is 0 Å². The maximum Gasteiger partial charge on any atom is 0.362 e. The van der Waals surface area contributed by atoms with Gasteiger partial charge >= 0.3 is 11.9 Å². The standard InChI is InChI=1S/C7H9NO4/c1-3-11-7-5(6(9)10)8-4(2)12-7/h3H2,1-2H3,(H,9,10). The lowest BCUT2D eigenvalue weighted by atomic mass is 10.5. The number of carboxylic acid groups (broad SMARTS) is 1. The molecule has 0 unspecified atom stereocenters. The summed E-state index contributed by atoms with van der Waals surface area (Å²) in [6, 6.07) is 0. The number of oxazole rings is 1. The van der Waals surface area contributed by atoms with Gasteiger partial charge in [0, 0.05) is 6.92 Å². The Balaban J connectivity index is 2.99. The summed E-state index contributed by atoms with van der Waals surface area (Å²) in [6.07, 6.45) is 0. The maximum absolute atomic E-state index is 10.5. The van der Waals surface area contributed by atoms with Crippen LogP contribution in [0.2, 0.25) is 0 Å². The van der Waals surface area contributed by atoms with Crippen molar-refractivity contribution in [3.05, 3.63) is 11.6 Å². The van der Waals surface area contributed by atoms with E-state index in [-0.39, 0.29) is 17.5 Å². The van der Waals surface area contributed by atoms with E-state index in [0.717, 1.165) is 0 Å². The zero-order valence-corrected chi connectivity index (χ0v) is 6.83. The highest BCUT2D eigenvalue weighted by atomic mass is 16.6. The lowest BCUT2D eigenvalue weighted by molar-refractivity contribution is 0.0683. The molecule has 1 N–H and O–H groups in total. The number of nitrogens with zero attached hydrogens (tertiary/aromatic N) is 1. The summed E-state index contributed by atoms with van der Waals surface area (Å²) in [5.41, 5.74) is -0.172. The van der Waals surface area contributed by atoms with Gasteiger partial charge in [0.1, 0.15) is 0 Å². The fourth-order valence-corrected chi connectivity index (χ4v) is 0.772. The molecule has 0 radical (unpaired) electrons. The Kier molecular flexibility index (Phi) is 2.32. The van der Waals surface area contributed by atoms with E-state index in [4.69, 9.17) is 14.3 Å². The highest BCUT2D eigenvalue weighted by Gasteiger charge is 2.18. The fraction of sp³-hybridized carbons (Fsp3) is 0.429. The molecule has 0 saturated heterocycles. The summed E-state index contributed by atoms with van der Waals surface area (Å²) in [5, 5.41) is 8.60. The van der Waals surface area contributed by atoms with Gasteiger partial charge in [0.05, 0.1) is 6.61 Å².